The number of hydrogen-bond donors (Lipinski definition) is 3. The Morgan fingerprint density at radius 3 is 1.31 bits per heavy atom. The molecule has 7 heteroatoms. The first-order chi connectivity index (χ1) is 15.3. The number of unbranched alkanes of at least 4 members (excludes halogenated alkanes) is 10. The van der Waals surface area contributed by atoms with Gasteiger partial charge in [0.2, 0.25) is 0 Å². The lowest BCUT2D eigenvalue weighted by Gasteiger charge is -2.38. The van der Waals surface area contributed by atoms with E-state index < -0.39 is 17.9 Å². The zero-order valence-corrected chi connectivity index (χ0v) is 20.1. The maximum absolute atomic E-state index is 11.1. The van der Waals surface area contributed by atoms with Crippen molar-refractivity contribution in [3.8, 4) is 0 Å². The van der Waals surface area contributed by atoms with Crippen molar-refractivity contribution >= 4 is 17.9 Å². The molecule has 0 rings (SSSR count). The van der Waals surface area contributed by atoms with Crippen molar-refractivity contribution in [2.45, 2.75) is 103 Å². The van der Waals surface area contributed by atoms with Gasteiger partial charge in [0.15, 0.2) is 0 Å². The van der Waals surface area contributed by atoms with Crippen molar-refractivity contribution in [1.29, 1.82) is 0 Å². The fourth-order valence-corrected chi connectivity index (χ4v) is 4.08. The summed E-state index contributed by atoms with van der Waals surface area (Å²) >= 11 is 0. The molecule has 0 aliphatic rings. The van der Waals surface area contributed by atoms with E-state index in [1.54, 1.807) is 0 Å². The number of hydrogen-bond acceptors (Lipinski definition) is 3. The van der Waals surface area contributed by atoms with Crippen molar-refractivity contribution in [1.82, 2.24) is 0 Å². The minimum atomic E-state index is -0.935. The number of carbonyl (C=O) groups is 3. The third-order valence-corrected chi connectivity index (χ3v) is 6.06. The third kappa shape index (κ3) is 18.8. The molecule has 0 heterocycles. The monoisotopic (exact) mass is 456 g/mol. The van der Waals surface area contributed by atoms with E-state index in [1.165, 1.54) is 51.4 Å². The van der Waals surface area contributed by atoms with Crippen LogP contribution in [0.25, 0.3) is 0 Å². The topological polar surface area (TPSA) is 112 Å². The smallest absolute Gasteiger partial charge is 0.309 e. The maximum Gasteiger partial charge on any atom is 0.309 e. The van der Waals surface area contributed by atoms with E-state index in [4.69, 9.17) is 15.3 Å². The highest BCUT2D eigenvalue weighted by molar-refractivity contribution is 5.67. The quantitative estimate of drug-likeness (QED) is 0.107. The average molecular weight is 457 g/mol. The van der Waals surface area contributed by atoms with Crippen LogP contribution in [0.1, 0.15) is 103 Å². The van der Waals surface area contributed by atoms with E-state index in [0.29, 0.717) is 6.54 Å². The standard InChI is InChI=1S/C25H45NO6/c1-2-3-4-5-6-7-8-9-10-11-12-13-14-15-19-26(20-16-23(27)28,21-17-24(29)30)22-18-25(31)32/h3-4H,2,5-22H2,1H3,(H2-,27,28,29,30,31,32)/p+1/b4-3+. The predicted octanol–water partition coefficient (Wildman–Crippen LogP) is 5.48. The van der Waals surface area contributed by atoms with Crippen LogP contribution >= 0.6 is 0 Å². The number of nitrogens with zero attached hydrogens (tertiary/aromatic N) is 1. The summed E-state index contributed by atoms with van der Waals surface area (Å²) in [6, 6.07) is 0. The van der Waals surface area contributed by atoms with Gasteiger partial charge in [-0.25, -0.2) is 0 Å². The fourth-order valence-electron chi connectivity index (χ4n) is 4.08. The molecule has 0 amide bonds. The summed E-state index contributed by atoms with van der Waals surface area (Å²) in [5.74, 6) is -2.80. The van der Waals surface area contributed by atoms with Gasteiger partial charge in [-0.3, -0.25) is 14.4 Å². The van der Waals surface area contributed by atoms with Gasteiger partial charge in [0.05, 0.1) is 45.4 Å². The Morgan fingerprint density at radius 2 is 0.938 bits per heavy atom. The van der Waals surface area contributed by atoms with Crippen LogP contribution < -0.4 is 0 Å². The van der Waals surface area contributed by atoms with Gasteiger partial charge in [-0.05, 0) is 32.1 Å². The highest BCUT2D eigenvalue weighted by atomic mass is 16.4. The lowest BCUT2D eigenvalue weighted by atomic mass is 10.0. The van der Waals surface area contributed by atoms with E-state index in [9.17, 15) is 14.4 Å². The number of aliphatic carboxylic acids is 3. The van der Waals surface area contributed by atoms with Gasteiger partial charge in [-0.15, -0.1) is 0 Å². The number of allylic oxidation sites excluding steroid dienone is 2. The Labute approximate surface area is 194 Å². The summed E-state index contributed by atoms with van der Waals surface area (Å²) < 4.78 is 0.262. The normalized spacial score (nSPS) is 11.8. The number of carboxylic acids is 3. The summed E-state index contributed by atoms with van der Waals surface area (Å²) in [4.78, 5) is 33.2. The molecular formula is C25H46NO6+. The van der Waals surface area contributed by atoms with Crippen molar-refractivity contribution in [3.63, 3.8) is 0 Å². The Morgan fingerprint density at radius 1 is 0.562 bits per heavy atom. The average Bonchev–Trinajstić information content (AvgIpc) is 2.74. The van der Waals surface area contributed by atoms with Crippen LogP contribution in [0.3, 0.4) is 0 Å². The highest BCUT2D eigenvalue weighted by Crippen LogP contribution is 2.17. The number of rotatable bonds is 23. The first-order valence-electron chi connectivity index (χ1n) is 12.5. The Kier molecular flexibility index (Phi) is 18.6. The van der Waals surface area contributed by atoms with Gasteiger partial charge in [0, 0.05) is 0 Å². The molecule has 0 aliphatic carbocycles. The molecule has 0 saturated heterocycles. The Bertz CT molecular complexity index is 501. The van der Waals surface area contributed by atoms with Gasteiger partial charge in [0.1, 0.15) is 0 Å². The molecule has 3 N–H and O–H groups in total. The van der Waals surface area contributed by atoms with Crippen molar-refractivity contribution in [2.24, 2.45) is 0 Å². The summed E-state index contributed by atoms with van der Waals surface area (Å²) in [7, 11) is 0. The molecule has 0 fully saturated rings. The second-order valence-corrected chi connectivity index (χ2v) is 8.87. The summed E-state index contributed by atoms with van der Waals surface area (Å²) in [6.07, 6.45) is 18.4. The van der Waals surface area contributed by atoms with Gasteiger partial charge in [-0.2, -0.15) is 0 Å². The number of quaternary nitrogens is 1. The van der Waals surface area contributed by atoms with Gasteiger partial charge in [0.25, 0.3) is 0 Å². The van der Waals surface area contributed by atoms with Crippen LogP contribution in [0.5, 0.6) is 0 Å². The molecule has 0 aromatic rings. The molecule has 0 unspecified atom stereocenters. The van der Waals surface area contributed by atoms with Crippen LogP contribution in [-0.2, 0) is 14.4 Å². The molecule has 0 radical (unpaired) electrons. The molecule has 0 aromatic heterocycles. The van der Waals surface area contributed by atoms with E-state index in [2.05, 4.69) is 19.1 Å². The minimum absolute atomic E-state index is 0.0753. The van der Waals surface area contributed by atoms with E-state index >= 15 is 0 Å². The zero-order valence-electron chi connectivity index (χ0n) is 20.1. The second-order valence-electron chi connectivity index (χ2n) is 8.87. The highest BCUT2D eigenvalue weighted by Gasteiger charge is 2.29. The summed E-state index contributed by atoms with van der Waals surface area (Å²) in [5.41, 5.74) is 0. The molecule has 7 nitrogen and oxygen atoms in total. The SMILES string of the molecule is CC/C=C/CCCCCCCCCCCC[N+](CCC(=O)O)(CCC(=O)O)CCC(=O)O. The maximum atomic E-state index is 11.1. The van der Waals surface area contributed by atoms with Crippen molar-refractivity contribution in [3.05, 3.63) is 12.2 Å². The Balaban J connectivity index is 4.19. The van der Waals surface area contributed by atoms with E-state index in [1.807, 2.05) is 0 Å². The van der Waals surface area contributed by atoms with E-state index in [-0.39, 0.29) is 43.4 Å². The van der Waals surface area contributed by atoms with Crippen LogP contribution in [-0.4, -0.2) is 63.9 Å². The van der Waals surface area contributed by atoms with Crippen LogP contribution in [0, 0.1) is 0 Å². The lowest BCUT2D eigenvalue weighted by Crippen LogP contribution is -2.52. The minimum Gasteiger partial charge on any atom is -0.481 e. The first-order valence-corrected chi connectivity index (χ1v) is 12.5. The van der Waals surface area contributed by atoms with Gasteiger partial charge >= 0.3 is 17.9 Å². The largest absolute Gasteiger partial charge is 0.481 e. The molecule has 0 aromatic carbocycles. The molecule has 0 spiro atoms. The predicted molar refractivity (Wildman–Crippen MR) is 127 cm³/mol. The second kappa shape index (κ2) is 19.8. The lowest BCUT2D eigenvalue weighted by molar-refractivity contribution is -0.927. The fraction of sp³-hybridized carbons (Fsp3) is 0.800. The zero-order chi connectivity index (χ0) is 24.1. The Hall–Kier alpha value is -1.89. The molecular weight excluding hydrogens is 410 g/mol. The van der Waals surface area contributed by atoms with Crippen LogP contribution in [0.4, 0.5) is 0 Å². The van der Waals surface area contributed by atoms with Gasteiger partial charge < -0.3 is 19.8 Å². The molecule has 0 bridgehead atoms. The molecule has 0 aliphatic heterocycles. The number of carboxylic acid groups (broad SMARTS) is 3. The molecule has 0 atom stereocenters. The van der Waals surface area contributed by atoms with Crippen LogP contribution in [0.2, 0.25) is 0 Å². The molecule has 0 saturated carbocycles. The van der Waals surface area contributed by atoms with Crippen molar-refractivity contribution < 1.29 is 34.2 Å². The summed E-state index contributed by atoms with van der Waals surface area (Å²) in [6.45, 7) is 3.64. The molecule has 32 heavy (non-hydrogen) atoms. The van der Waals surface area contributed by atoms with Gasteiger partial charge in [-0.1, -0.05) is 64.0 Å². The molecule has 186 valence electrons. The summed E-state index contributed by atoms with van der Waals surface area (Å²) in [5, 5.41) is 27.2. The van der Waals surface area contributed by atoms with E-state index in [0.717, 1.165) is 25.7 Å². The third-order valence-electron chi connectivity index (χ3n) is 6.06. The van der Waals surface area contributed by atoms with Crippen LogP contribution in [0.15, 0.2) is 12.2 Å². The van der Waals surface area contributed by atoms with Crippen molar-refractivity contribution in [2.75, 3.05) is 26.2 Å². The first kappa shape index (κ1) is 30.1.